The van der Waals surface area contributed by atoms with Gasteiger partial charge in [0.2, 0.25) is 17.6 Å². The number of rotatable bonds is 4. The van der Waals surface area contributed by atoms with Crippen LogP contribution < -0.4 is 5.32 Å². The zero-order valence-corrected chi connectivity index (χ0v) is 15.5. The smallest absolute Gasteiger partial charge is 0.241 e. The number of carbonyl (C=O) groups excluding carboxylic acids is 1. The first-order valence-electron chi connectivity index (χ1n) is 9.09. The number of nitrogens with one attached hydrogen (secondary N) is 1. The standard InChI is InChI=1S/C21H22N4O2/c1-14-5-3-6-16(11-14)21-23-20(27-24-21)13-25-10-9-18-17(12-25)7-4-8-19(18)22-15(2)26/h3-8,11H,9-10,12-13H2,1-2H3,(H,22,26). The van der Waals surface area contributed by atoms with Crippen molar-refractivity contribution in [2.24, 2.45) is 0 Å². The van der Waals surface area contributed by atoms with Crippen molar-refractivity contribution < 1.29 is 9.32 Å². The number of benzene rings is 2. The SMILES string of the molecule is CC(=O)Nc1cccc2c1CCN(Cc1nc(-c3cccc(C)c3)no1)C2. The number of amides is 1. The van der Waals surface area contributed by atoms with Crippen LogP contribution in [0.2, 0.25) is 0 Å². The second kappa shape index (κ2) is 7.32. The molecule has 0 fully saturated rings. The molecule has 0 aliphatic carbocycles. The van der Waals surface area contributed by atoms with Crippen LogP contribution in [0.4, 0.5) is 5.69 Å². The zero-order valence-electron chi connectivity index (χ0n) is 15.5. The molecule has 0 saturated carbocycles. The highest BCUT2D eigenvalue weighted by atomic mass is 16.5. The first-order valence-corrected chi connectivity index (χ1v) is 9.09. The van der Waals surface area contributed by atoms with Gasteiger partial charge in [-0.05, 0) is 36.6 Å². The van der Waals surface area contributed by atoms with E-state index in [1.807, 2.05) is 37.3 Å². The van der Waals surface area contributed by atoms with E-state index < -0.39 is 0 Å². The molecule has 1 aliphatic heterocycles. The van der Waals surface area contributed by atoms with Gasteiger partial charge in [-0.25, -0.2) is 0 Å². The van der Waals surface area contributed by atoms with E-state index in [4.69, 9.17) is 4.52 Å². The third kappa shape index (κ3) is 3.90. The molecule has 3 aromatic rings. The van der Waals surface area contributed by atoms with Gasteiger partial charge in [0.05, 0.1) is 6.54 Å². The van der Waals surface area contributed by atoms with Gasteiger partial charge in [-0.15, -0.1) is 0 Å². The molecule has 0 atom stereocenters. The number of carbonyl (C=O) groups is 1. The number of aromatic nitrogens is 2. The van der Waals surface area contributed by atoms with Gasteiger partial charge in [0.25, 0.3) is 0 Å². The molecule has 2 heterocycles. The van der Waals surface area contributed by atoms with E-state index in [1.165, 1.54) is 23.6 Å². The van der Waals surface area contributed by atoms with E-state index in [9.17, 15) is 4.79 Å². The summed E-state index contributed by atoms with van der Waals surface area (Å²) < 4.78 is 5.47. The van der Waals surface area contributed by atoms with Crippen molar-refractivity contribution in [2.75, 3.05) is 11.9 Å². The van der Waals surface area contributed by atoms with E-state index in [1.54, 1.807) is 0 Å². The van der Waals surface area contributed by atoms with Crippen LogP contribution in [-0.2, 0) is 24.3 Å². The van der Waals surface area contributed by atoms with Crippen molar-refractivity contribution >= 4 is 11.6 Å². The van der Waals surface area contributed by atoms with Gasteiger partial charge in [-0.1, -0.05) is 41.1 Å². The molecule has 27 heavy (non-hydrogen) atoms. The predicted octanol–water partition coefficient (Wildman–Crippen LogP) is 3.56. The Hall–Kier alpha value is -2.99. The molecule has 0 unspecified atom stereocenters. The fourth-order valence-electron chi connectivity index (χ4n) is 3.52. The van der Waals surface area contributed by atoms with Crippen LogP contribution in [0.25, 0.3) is 11.4 Å². The summed E-state index contributed by atoms with van der Waals surface area (Å²) in [7, 11) is 0. The minimum absolute atomic E-state index is 0.0413. The largest absolute Gasteiger partial charge is 0.338 e. The van der Waals surface area contributed by atoms with Gasteiger partial charge in [-0.2, -0.15) is 4.98 Å². The lowest BCUT2D eigenvalue weighted by Gasteiger charge is -2.28. The van der Waals surface area contributed by atoms with Crippen LogP contribution in [0.15, 0.2) is 47.0 Å². The number of aryl methyl sites for hydroxylation is 1. The molecule has 4 rings (SSSR count). The summed E-state index contributed by atoms with van der Waals surface area (Å²) in [6, 6.07) is 14.1. The second-order valence-electron chi connectivity index (χ2n) is 6.97. The molecule has 1 N–H and O–H groups in total. The van der Waals surface area contributed by atoms with E-state index in [-0.39, 0.29) is 5.91 Å². The first kappa shape index (κ1) is 17.4. The lowest BCUT2D eigenvalue weighted by Crippen LogP contribution is -2.30. The molecule has 0 saturated heterocycles. The fourth-order valence-corrected chi connectivity index (χ4v) is 3.52. The molecule has 6 heteroatoms. The van der Waals surface area contributed by atoms with E-state index in [2.05, 4.69) is 32.5 Å². The number of nitrogens with zero attached hydrogens (tertiary/aromatic N) is 3. The topological polar surface area (TPSA) is 71.3 Å². The minimum atomic E-state index is -0.0413. The molecule has 0 radical (unpaired) electrons. The highest BCUT2D eigenvalue weighted by Gasteiger charge is 2.21. The third-order valence-electron chi connectivity index (χ3n) is 4.76. The summed E-state index contributed by atoms with van der Waals surface area (Å²) in [5.41, 5.74) is 5.50. The Balaban J connectivity index is 1.47. The van der Waals surface area contributed by atoms with Crippen LogP contribution in [0.3, 0.4) is 0 Å². The van der Waals surface area contributed by atoms with Gasteiger partial charge in [0.15, 0.2) is 0 Å². The molecule has 2 aromatic carbocycles. The number of anilines is 1. The minimum Gasteiger partial charge on any atom is -0.338 e. The Morgan fingerprint density at radius 2 is 2.11 bits per heavy atom. The maximum Gasteiger partial charge on any atom is 0.241 e. The summed E-state index contributed by atoms with van der Waals surface area (Å²) in [6.07, 6.45) is 0.880. The maximum atomic E-state index is 11.4. The highest BCUT2D eigenvalue weighted by Crippen LogP contribution is 2.27. The molecule has 6 nitrogen and oxygen atoms in total. The lowest BCUT2D eigenvalue weighted by atomic mass is 9.97. The Bertz CT molecular complexity index is 980. The van der Waals surface area contributed by atoms with Crippen molar-refractivity contribution in [3.63, 3.8) is 0 Å². The van der Waals surface area contributed by atoms with Crippen LogP contribution in [0.5, 0.6) is 0 Å². The summed E-state index contributed by atoms with van der Waals surface area (Å²) in [5.74, 6) is 1.20. The Morgan fingerprint density at radius 3 is 2.93 bits per heavy atom. The van der Waals surface area contributed by atoms with Crippen LogP contribution in [0, 0.1) is 6.92 Å². The summed E-state index contributed by atoms with van der Waals surface area (Å²) >= 11 is 0. The average molecular weight is 362 g/mol. The summed E-state index contributed by atoms with van der Waals surface area (Å²) in [6.45, 7) is 5.88. The third-order valence-corrected chi connectivity index (χ3v) is 4.76. The van der Waals surface area contributed by atoms with Gasteiger partial charge in [0.1, 0.15) is 0 Å². The molecule has 0 spiro atoms. The van der Waals surface area contributed by atoms with Crippen molar-refractivity contribution in [1.82, 2.24) is 15.0 Å². The Labute approximate surface area is 158 Å². The van der Waals surface area contributed by atoms with Gasteiger partial charge < -0.3 is 9.84 Å². The Kier molecular flexibility index (Phi) is 4.73. The molecular weight excluding hydrogens is 340 g/mol. The fraction of sp³-hybridized carbons (Fsp3) is 0.286. The van der Waals surface area contributed by atoms with E-state index >= 15 is 0 Å². The molecule has 1 amide bonds. The number of fused-ring (bicyclic) bond motifs is 1. The molecule has 0 bridgehead atoms. The van der Waals surface area contributed by atoms with E-state index in [0.29, 0.717) is 18.3 Å². The van der Waals surface area contributed by atoms with Crippen molar-refractivity contribution in [2.45, 2.75) is 33.4 Å². The normalized spacial score (nSPS) is 14.0. The van der Waals surface area contributed by atoms with Gasteiger partial charge in [0, 0.05) is 31.3 Å². The predicted molar refractivity (Wildman–Crippen MR) is 103 cm³/mol. The number of hydrogen-bond donors (Lipinski definition) is 1. The van der Waals surface area contributed by atoms with Crippen molar-refractivity contribution in [3.8, 4) is 11.4 Å². The summed E-state index contributed by atoms with van der Waals surface area (Å²) in [5, 5.41) is 7.05. The highest BCUT2D eigenvalue weighted by molar-refractivity contribution is 5.89. The van der Waals surface area contributed by atoms with Crippen molar-refractivity contribution in [3.05, 3.63) is 65.0 Å². The van der Waals surface area contributed by atoms with Crippen LogP contribution in [-0.4, -0.2) is 27.5 Å². The monoisotopic (exact) mass is 362 g/mol. The van der Waals surface area contributed by atoms with Gasteiger partial charge >= 0.3 is 0 Å². The second-order valence-corrected chi connectivity index (χ2v) is 6.97. The average Bonchev–Trinajstić information content (AvgIpc) is 3.10. The zero-order chi connectivity index (χ0) is 18.8. The first-order chi connectivity index (χ1) is 13.1. The molecule has 138 valence electrons. The quantitative estimate of drug-likeness (QED) is 0.768. The maximum absolute atomic E-state index is 11.4. The number of hydrogen-bond acceptors (Lipinski definition) is 5. The molecule has 1 aromatic heterocycles. The Morgan fingerprint density at radius 1 is 1.26 bits per heavy atom. The van der Waals surface area contributed by atoms with Crippen molar-refractivity contribution in [1.29, 1.82) is 0 Å². The van der Waals surface area contributed by atoms with Gasteiger partial charge in [-0.3, -0.25) is 9.69 Å². The van der Waals surface area contributed by atoms with Crippen LogP contribution in [0.1, 0.15) is 29.5 Å². The molecular formula is C21H22N4O2. The lowest BCUT2D eigenvalue weighted by molar-refractivity contribution is -0.114. The summed E-state index contributed by atoms with van der Waals surface area (Å²) in [4.78, 5) is 18.2. The van der Waals surface area contributed by atoms with Crippen LogP contribution >= 0.6 is 0 Å². The van der Waals surface area contributed by atoms with E-state index in [0.717, 1.165) is 30.8 Å². The molecule has 1 aliphatic rings.